The van der Waals surface area contributed by atoms with E-state index in [0.717, 1.165) is 18.4 Å². The van der Waals surface area contributed by atoms with E-state index >= 15 is 0 Å². The third kappa shape index (κ3) is 3.74. The van der Waals surface area contributed by atoms with Crippen molar-refractivity contribution in [1.29, 1.82) is 0 Å². The molecule has 1 heterocycles. The largest absolute Gasteiger partial charge is 0.493 e. The number of benzene rings is 2. The summed E-state index contributed by atoms with van der Waals surface area (Å²) >= 11 is 5.93. The number of carbonyl (C=O) groups excluding carboxylic acids is 1. The lowest BCUT2D eigenvalue weighted by Gasteiger charge is -2.11. The summed E-state index contributed by atoms with van der Waals surface area (Å²) in [7, 11) is 0. The maximum absolute atomic E-state index is 12.9. The number of hydrogen-bond acceptors (Lipinski definition) is 4. The lowest BCUT2D eigenvalue weighted by Crippen LogP contribution is -2.11. The van der Waals surface area contributed by atoms with Crippen LogP contribution in [-0.4, -0.2) is 19.0 Å². The monoisotopic (exact) mass is 360 g/mol. The van der Waals surface area contributed by atoms with Gasteiger partial charge >= 0.3 is 0 Å². The van der Waals surface area contributed by atoms with Crippen LogP contribution < -0.4 is 14.2 Å². The summed E-state index contributed by atoms with van der Waals surface area (Å²) in [4.78, 5) is 12.9. The van der Waals surface area contributed by atoms with Gasteiger partial charge in [-0.15, -0.1) is 0 Å². The van der Waals surface area contributed by atoms with Crippen LogP contribution in [-0.2, 0) is 0 Å². The highest BCUT2D eigenvalue weighted by Crippen LogP contribution is 2.44. The number of fused-ring (bicyclic) bond motifs is 1. The topological polar surface area (TPSA) is 44.8 Å². The molecule has 2 aromatic carbocycles. The molecule has 0 spiro atoms. The van der Waals surface area contributed by atoms with Crippen molar-refractivity contribution in [2.24, 2.45) is 0 Å². The van der Waals surface area contributed by atoms with Gasteiger partial charge in [0.05, 0.1) is 13.2 Å². The van der Waals surface area contributed by atoms with E-state index in [-0.39, 0.29) is 5.78 Å². The summed E-state index contributed by atoms with van der Waals surface area (Å²) in [5.74, 6) is 1.57. The highest BCUT2D eigenvalue weighted by Gasteiger charge is 2.37. The van der Waals surface area contributed by atoms with Crippen LogP contribution in [0.2, 0.25) is 5.02 Å². The molecule has 2 aromatic rings. The van der Waals surface area contributed by atoms with Crippen LogP contribution >= 0.6 is 11.6 Å². The van der Waals surface area contributed by atoms with Gasteiger partial charge in [0.15, 0.2) is 6.10 Å². The summed E-state index contributed by atoms with van der Waals surface area (Å²) in [6.45, 7) is 5.19. The molecule has 0 saturated carbocycles. The fraction of sp³-hybridized carbons (Fsp3) is 0.350. The first-order chi connectivity index (χ1) is 12.1. The van der Waals surface area contributed by atoms with Gasteiger partial charge in [0, 0.05) is 22.7 Å². The molecule has 0 amide bonds. The number of halogens is 1. The Kier molecular flexibility index (Phi) is 5.49. The van der Waals surface area contributed by atoms with E-state index in [1.54, 1.807) is 36.4 Å². The smallest absolute Gasteiger partial charge is 0.215 e. The van der Waals surface area contributed by atoms with Crippen molar-refractivity contribution in [3.8, 4) is 17.2 Å². The number of rotatable bonds is 7. The van der Waals surface area contributed by atoms with Gasteiger partial charge in [0.1, 0.15) is 22.8 Å². The predicted molar refractivity (Wildman–Crippen MR) is 97.2 cm³/mol. The maximum atomic E-state index is 12.9. The zero-order valence-corrected chi connectivity index (χ0v) is 15.1. The van der Waals surface area contributed by atoms with Crippen LogP contribution in [0.4, 0.5) is 0 Å². The number of ketones is 1. The van der Waals surface area contributed by atoms with E-state index in [0.29, 0.717) is 41.0 Å². The van der Waals surface area contributed by atoms with Gasteiger partial charge in [-0.05, 0) is 25.0 Å². The van der Waals surface area contributed by atoms with E-state index in [4.69, 9.17) is 25.8 Å². The molecule has 5 heteroatoms. The van der Waals surface area contributed by atoms with Gasteiger partial charge in [0.25, 0.3) is 0 Å². The van der Waals surface area contributed by atoms with E-state index in [2.05, 4.69) is 0 Å². The van der Waals surface area contributed by atoms with Crippen molar-refractivity contribution < 1.29 is 19.0 Å². The minimum atomic E-state index is -0.683. The number of hydrogen-bond donors (Lipinski definition) is 0. The van der Waals surface area contributed by atoms with Gasteiger partial charge in [-0.3, -0.25) is 4.79 Å². The normalized spacial score (nSPS) is 15.6. The molecule has 0 saturated heterocycles. The molecule has 0 N–H and O–H groups in total. The molecule has 1 aliphatic rings. The predicted octanol–water partition coefficient (Wildman–Crippen LogP) is 5.23. The fourth-order valence-electron chi connectivity index (χ4n) is 2.70. The first-order valence-corrected chi connectivity index (χ1v) is 8.91. The Balaban J connectivity index is 1.95. The van der Waals surface area contributed by atoms with Gasteiger partial charge in [0.2, 0.25) is 5.78 Å². The second-order valence-electron chi connectivity index (χ2n) is 5.91. The van der Waals surface area contributed by atoms with Gasteiger partial charge in [-0.1, -0.05) is 37.6 Å². The van der Waals surface area contributed by atoms with Crippen molar-refractivity contribution >= 4 is 17.4 Å². The Labute approximate surface area is 152 Å². The zero-order chi connectivity index (χ0) is 17.8. The maximum Gasteiger partial charge on any atom is 0.215 e. The summed E-state index contributed by atoms with van der Waals surface area (Å²) < 4.78 is 17.4. The molecule has 25 heavy (non-hydrogen) atoms. The minimum Gasteiger partial charge on any atom is -0.493 e. The van der Waals surface area contributed by atoms with Crippen molar-refractivity contribution in [3.63, 3.8) is 0 Å². The Morgan fingerprint density at radius 1 is 1.04 bits per heavy atom. The zero-order valence-electron chi connectivity index (χ0n) is 14.4. The van der Waals surface area contributed by atoms with Crippen molar-refractivity contribution in [3.05, 3.63) is 52.5 Å². The second-order valence-corrected chi connectivity index (χ2v) is 6.34. The van der Waals surface area contributed by atoms with Crippen LogP contribution in [0.15, 0.2) is 36.4 Å². The Bertz CT molecular complexity index is 755. The lowest BCUT2D eigenvalue weighted by atomic mass is 10.0. The summed E-state index contributed by atoms with van der Waals surface area (Å²) in [5.41, 5.74) is 1.25. The van der Waals surface area contributed by atoms with Crippen LogP contribution in [0.5, 0.6) is 17.2 Å². The first-order valence-electron chi connectivity index (χ1n) is 8.54. The highest BCUT2D eigenvalue weighted by atomic mass is 35.5. The molecule has 1 aliphatic heterocycles. The first kappa shape index (κ1) is 17.6. The summed E-state index contributed by atoms with van der Waals surface area (Å²) in [5, 5.41) is 0.619. The molecule has 0 bridgehead atoms. The van der Waals surface area contributed by atoms with Crippen LogP contribution in [0, 0.1) is 0 Å². The molecule has 4 nitrogen and oxygen atoms in total. The van der Waals surface area contributed by atoms with Gasteiger partial charge < -0.3 is 14.2 Å². The van der Waals surface area contributed by atoms with Crippen LogP contribution in [0.3, 0.4) is 0 Å². The standard InChI is InChI=1S/C20H21ClO4/c1-3-9-23-15-11-16(24-10-4-2)18-17(12-15)25-20(19(18)22)13-5-7-14(21)8-6-13/h5-8,11-12,20H,3-4,9-10H2,1-2H3. The molecule has 0 fully saturated rings. The quantitative estimate of drug-likeness (QED) is 0.677. The summed E-state index contributed by atoms with van der Waals surface area (Å²) in [6.07, 6.45) is 1.07. The highest BCUT2D eigenvalue weighted by molar-refractivity contribution is 6.30. The molecular weight excluding hydrogens is 340 g/mol. The number of carbonyl (C=O) groups is 1. The minimum absolute atomic E-state index is 0.106. The molecule has 1 atom stereocenters. The third-order valence-electron chi connectivity index (χ3n) is 3.88. The van der Waals surface area contributed by atoms with Gasteiger partial charge in [-0.25, -0.2) is 0 Å². The third-order valence-corrected chi connectivity index (χ3v) is 4.13. The number of Topliss-reactive ketones (excluding diaryl/α,β-unsaturated/α-hetero) is 1. The van der Waals surface area contributed by atoms with Crippen molar-refractivity contribution in [1.82, 2.24) is 0 Å². The molecule has 0 aliphatic carbocycles. The summed E-state index contributed by atoms with van der Waals surface area (Å²) in [6, 6.07) is 10.6. The molecular formula is C20H21ClO4. The van der Waals surface area contributed by atoms with Crippen LogP contribution in [0.25, 0.3) is 0 Å². The lowest BCUT2D eigenvalue weighted by molar-refractivity contribution is 0.0856. The van der Waals surface area contributed by atoms with Crippen molar-refractivity contribution in [2.45, 2.75) is 32.8 Å². The molecule has 0 radical (unpaired) electrons. The van der Waals surface area contributed by atoms with Crippen LogP contribution in [0.1, 0.15) is 48.7 Å². The molecule has 132 valence electrons. The van der Waals surface area contributed by atoms with Gasteiger partial charge in [-0.2, -0.15) is 0 Å². The van der Waals surface area contributed by atoms with E-state index in [1.165, 1.54) is 0 Å². The molecule has 1 unspecified atom stereocenters. The average Bonchev–Trinajstić information content (AvgIpc) is 2.95. The molecule has 0 aromatic heterocycles. The van der Waals surface area contributed by atoms with E-state index in [1.807, 2.05) is 13.8 Å². The van der Waals surface area contributed by atoms with Crippen molar-refractivity contribution in [2.75, 3.05) is 13.2 Å². The SMILES string of the molecule is CCCOc1cc(OCCC)c2c(c1)OC(c1ccc(Cl)cc1)C2=O. The fourth-order valence-corrected chi connectivity index (χ4v) is 2.83. The Morgan fingerprint density at radius 2 is 1.72 bits per heavy atom. The Morgan fingerprint density at radius 3 is 2.40 bits per heavy atom. The Hall–Kier alpha value is -2.20. The number of ether oxygens (including phenoxy) is 3. The van der Waals surface area contributed by atoms with E-state index in [9.17, 15) is 4.79 Å². The van der Waals surface area contributed by atoms with E-state index < -0.39 is 6.10 Å². The average molecular weight is 361 g/mol. The second kappa shape index (κ2) is 7.79. The molecule has 3 rings (SSSR count).